The molecule has 2 aliphatic heterocycles. The van der Waals surface area contributed by atoms with E-state index in [4.69, 9.17) is 0 Å². The molecule has 1 spiro atoms. The Hall–Kier alpha value is -1.78. The Morgan fingerprint density at radius 2 is 2.17 bits per heavy atom. The molecule has 0 bridgehead atoms. The summed E-state index contributed by atoms with van der Waals surface area (Å²) in [6.07, 6.45) is 7.18. The monoisotopic (exact) mass is 315 g/mol. The van der Waals surface area contributed by atoms with Gasteiger partial charge in [-0.1, -0.05) is 0 Å². The predicted octanol–water partition coefficient (Wildman–Crippen LogP) is 2.19. The van der Waals surface area contributed by atoms with E-state index in [1.54, 1.807) is 6.20 Å². The van der Waals surface area contributed by atoms with Gasteiger partial charge in [0.15, 0.2) is 0 Å². The number of rotatable bonds is 3. The van der Waals surface area contributed by atoms with E-state index in [2.05, 4.69) is 9.88 Å². The maximum atomic E-state index is 13.0. The van der Waals surface area contributed by atoms with E-state index in [-0.39, 0.29) is 11.3 Å². The number of aromatic nitrogens is 1. The van der Waals surface area contributed by atoms with Crippen molar-refractivity contribution in [2.75, 3.05) is 26.2 Å². The van der Waals surface area contributed by atoms with Crippen LogP contribution < -0.4 is 0 Å². The number of nitrogens with zero attached hydrogens (tertiary/aromatic N) is 2. The van der Waals surface area contributed by atoms with Crippen LogP contribution in [0.2, 0.25) is 0 Å². The van der Waals surface area contributed by atoms with Crippen molar-refractivity contribution in [2.45, 2.75) is 39.0 Å². The van der Waals surface area contributed by atoms with E-state index in [0.717, 1.165) is 49.5 Å². The molecule has 1 aromatic rings. The fourth-order valence-electron chi connectivity index (χ4n) is 4.22. The maximum Gasteiger partial charge on any atom is 0.255 e. The molecule has 4 rings (SSSR count). The number of hydrogen-bond acceptors (Lipinski definition) is 2. The van der Waals surface area contributed by atoms with E-state index in [0.29, 0.717) is 19.0 Å². The standard InChI is InChI=1S/C18H25N3O2/c1-13-15(5-8-19-13)16(22)21-10-7-18(12-21)6-2-9-20(17(18)23)11-14-3-4-14/h5,8,14,19H,2-4,6-7,9-12H2,1H3. The van der Waals surface area contributed by atoms with Crippen LogP contribution in [-0.2, 0) is 4.79 Å². The Balaban J connectivity index is 1.48. The van der Waals surface area contributed by atoms with E-state index in [9.17, 15) is 9.59 Å². The summed E-state index contributed by atoms with van der Waals surface area (Å²) in [7, 11) is 0. The quantitative estimate of drug-likeness (QED) is 0.929. The topological polar surface area (TPSA) is 56.4 Å². The third-order valence-corrected chi connectivity index (χ3v) is 5.83. The summed E-state index contributed by atoms with van der Waals surface area (Å²) in [5.41, 5.74) is 1.33. The van der Waals surface area contributed by atoms with Crippen molar-refractivity contribution in [1.82, 2.24) is 14.8 Å². The average molecular weight is 315 g/mol. The number of nitrogens with one attached hydrogen (secondary N) is 1. The fourth-order valence-corrected chi connectivity index (χ4v) is 4.22. The number of aryl methyl sites for hydroxylation is 1. The molecule has 124 valence electrons. The number of likely N-dealkylation sites (tertiary alicyclic amines) is 2. The highest BCUT2D eigenvalue weighted by molar-refractivity contribution is 5.96. The van der Waals surface area contributed by atoms with Crippen LogP contribution in [0.3, 0.4) is 0 Å². The van der Waals surface area contributed by atoms with Crippen molar-refractivity contribution in [1.29, 1.82) is 0 Å². The van der Waals surface area contributed by atoms with Crippen LogP contribution in [0, 0.1) is 18.3 Å². The minimum Gasteiger partial charge on any atom is -0.365 e. The van der Waals surface area contributed by atoms with Crippen molar-refractivity contribution in [2.24, 2.45) is 11.3 Å². The lowest BCUT2D eigenvalue weighted by molar-refractivity contribution is -0.145. The molecule has 23 heavy (non-hydrogen) atoms. The second kappa shape index (κ2) is 5.39. The second-order valence-corrected chi connectivity index (χ2v) is 7.57. The van der Waals surface area contributed by atoms with Crippen LogP contribution in [-0.4, -0.2) is 52.8 Å². The van der Waals surface area contributed by atoms with Gasteiger partial charge in [-0.3, -0.25) is 9.59 Å². The molecule has 1 N–H and O–H groups in total. The lowest BCUT2D eigenvalue weighted by Gasteiger charge is -2.39. The lowest BCUT2D eigenvalue weighted by Crippen LogP contribution is -2.50. The number of carbonyl (C=O) groups is 2. The number of H-pyrrole nitrogens is 1. The molecule has 3 aliphatic rings. The summed E-state index contributed by atoms with van der Waals surface area (Å²) >= 11 is 0. The molecule has 1 saturated carbocycles. The van der Waals surface area contributed by atoms with Gasteiger partial charge in [0.2, 0.25) is 5.91 Å². The molecule has 2 amide bonds. The van der Waals surface area contributed by atoms with E-state index in [1.807, 2.05) is 17.9 Å². The molecule has 5 heteroatoms. The number of hydrogen-bond donors (Lipinski definition) is 1. The lowest BCUT2D eigenvalue weighted by atomic mass is 9.78. The van der Waals surface area contributed by atoms with Crippen LogP contribution >= 0.6 is 0 Å². The first-order valence-electron chi connectivity index (χ1n) is 8.82. The Labute approximate surface area is 137 Å². The van der Waals surface area contributed by atoms with Crippen LogP contribution in [0.5, 0.6) is 0 Å². The molecule has 1 aliphatic carbocycles. The molecule has 0 radical (unpaired) electrons. The van der Waals surface area contributed by atoms with Crippen LogP contribution in [0.1, 0.15) is 48.2 Å². The van der Waals surface area contributed by atoms with Gasteiger partial charge in [0.05, 0.1) is 11.0 Å². The van der Waals surface area contributed by atoms with Crippen molar-refractivity contribution in [3.63, 3.8) is 0 Å². The molecule has 3 fully saturated rings. The van der Waals surface area contributed by atoms with Crippen LogP contribution in [0.4, 0.5) is 0 Å². The average Bonchev–Trinajstić information content (AvgIpc) is 3.08. The summed E-state index contributed by atoms with van der Waals surface area (Å²) in [6.45, 7) is 5.05. The van der Waals surface area contributed by atoms with Gasteiger partial charge in [-0.25, -0.2) is 0 Å². The summed E-state index contributed by atoms with van der Waals surface area (Å²) in [6, 6.07) is 1.84. The van der Waals surface area contributed by atoms with Gasteiger partial charge >= 0.3 is 0 Å². The minimum absolute atomic E-state index is 0.0627. The summed E-state index contributed by atoms with van der Waals surface area (Å²) in [4.78, 5) is 32.8. The first-order valence-corrected chi connectivity index (χ1v) is 8.82. The number of amides is 2. The predicted molar refractivity (Wildman–Crippen MR) is 87.0 cm³/mol. The van der Waals surface area contributed by atoms with Crippen LogP contribution in [0.15, 0.2) is 12.3 Å². The number of carbonyl (C=O) groups excluding carboxylic acids is 2. The largest absolute Gasteiger partial charge is 0.365 e. The summed E-state index contributed by atoms with van der Waals surface area (Å²) in [5, 5.41) is 0. The third-order valence-electron chi connectivity index (χ3n) is 5.83. The third kappa shape index (κ3) is 2.56. The van der Waals surface area contributed by atoms with Crippen molar-refractivity contribution in [3.05, 3.63) is 23.5 Å². The number of aromatic amines is 1. The van der Waals surface area contributed by atoms with Gasteiger partial charge < -0.3 is 14.8 Å². The zero-order valence-electron chi connectivity index (χ0n) is 13.8. The van der Waals surface area contributed by atoms with E-state index in [1.165, 1.54) is 12.8 Å². The zero-order valence-corrected chi connectivity index (χ0v) is 13.8. The first-order chi connectivity index (χ1) is 11.1. The minimum atomic E-state index is -0.312. The highest BCUT2D eigenvalue weighted by atomic mass is 16.2. The molecule has 2 saturated heterocycles. The Morgan fingerprint density at radius 3 is 2.87 bits per heavy atom. The highest BCUT2D eigenvalue weighted by Gasteiger charge is 2.50. The Bertz CT molecular complexity index is 634. The molecule has 1 unspecified atom stereocenters. The highest BCUT2D eigenvalue weighted by Crippen LogP contribution is 2.42. The Morgan fingerprint density at radius 1 is 1.35 bits per heavy atom. The van der Waals surface area contributed by atoms with Gasteiger partial charge in [0, 0.05) is 38.1 Å². The maximum absolute atomic E-state index is 13.0. The SMILES string of the molecule is Cc1[nH]ccc1C(=O)N1CCC2(CCCN(CC3CC3)C2=O)C1. The van der Waals surface area contributed by atoms with Crippen molar-refractivity contribution in [3.8, 4) is 0 Å². The van der Waals surface area contributed by atoms with Gasteiger partial charge in [-0.2, -0.15) is 0 Å². The molecule has 1 aromatic heterocycles. The smallest absolute Gasteiger partial charge is 0.255 e. The van der Waals surface area contributed by atoms with Gasteiger partial charge in [-0.15, -0.1) is 0 Å². The van der Waals surface area contributed by atoms with Crippen LogP contribution in [0.25, 0.3) is 0 Å². The Kier molecular flexibility index (Phi) is 3.47. The molecule has 1 atom stereocenters. The molecule has 3 heterocycles. The molecule has 5 nitrogen and oxygen atoms in total. The van der Waals surface area contributed by atoms with E-state index >= 15 is 0 Å². The van der Waals surface area contributed by atoms with Crippen molar-refractivity contribution < 1.29 is 9.59 Å². The number of piperidine rings is 1. The second-order valence-electron chi connectivity index (χ2n) is 7.57. The normalized spacial score (nSPS) is 28.0. The molecule has 0 aromatic carbocycles. The van der Waals surface area contributed by atoms with Gasteiger partial charge in [0.1, 0.15) is 0 Å². The zero-order chi connectivity index (χ0) is 16.0. The molecular weight excluding hydrogens is 290 g/mol. The summed E-state index contributed by atoms with van der Waals surface area (Å²) < 4.78 is 0. The van der Waals surface area contributed by atoms with Gasteiger partial charge in [-0.05, 0) is 51.0 Å². The van der Waals surface area contributed by atoms with Gasteiger partial charge in [0.25, 0.3) is 5.91 Å². The molecular formula is C18H25N3O2. The fraction of sp³-hybridized carbons (Fsp3) is 0.667. The summed E-state index contributed by atoms with van der Waals surface area (Å²) in [5.74, 6) is 1.10. The van der Waals surface area contributed by atoms with Crippen molar-refractivity contribution >= 4 is 11.8 Å². The first kappa shape index (κ1) is 14.8. The van der Waals surface area contributed by atoms with E-state index < -0.39 is 0 Å².